The van der Waals surface area contributed by atoms with Crippen molar-refractivity contribution in [3.8, 4) is 11.1 Å². The van der Waals surface area contributed by atoms with Gasteiger partial charge in [-0.2, -0.15) is 13.2 Å². The lowest BCUT2D eigenvalue weighted by Crippen LogP contribution is -2.40. The van der Waals surface area contributed by atoms with Gasteiger partial charge in [-0.05, 0) is 134 Å². The van der Waals surface area contributed by atoms with Crippen molar-refractivity contribution in [2.24, 2.45) is 5.92 Å². The smallest absolute Gasteiger partial charge is 0.416 e. The van der Waals surface area contributed by atoms with Crippen LogP contribution < -0.4 is 10.9 Å². The summed E-state index contributed by atoms with van der Waals surface area (Å²) < 4.78 is 57.7. The largest absolute Gasteiger partial charge is 0.481 e. The van der Waals surface area contributed by atoms with Crippen molar-refractivity contribution in [1.82, 2.24) is 14.8 Å². The van der Waals surface area contributed by atoms with E-state index in [1.165, 1.54) is 12.1 Å². The van der Waals surface area contributed by atoms with Crippen LogP contribution in [0, 0.1) is 25.6 Å². The maximum absolute atomic E-state index is 14.2. The molecule has 1 amide bonds. The fourth-order valence-electron chi connectivity index (χ4n) is 7.27. The van der Waals surface area contributed by atoms with Crippen LogP contribution in [0.1, 0.15) is 97.0 Å². The molecule has 0 bridgehead atoms. The number of pyridine rings is 1. The zero-order chi connectivity index (χ0) is 35.8. The molecule has 0 aliphatic heterocycles. The van der Waals surface area contributed by atoms with Crippen LogP contribution in [0.5, 0.6) is 0 Å². The number of fused-ring (bicyclic) bond motifs is 1. The number of nitrogens with zero attached hydrogens (tertiary/aromatic N) is 2. The monoisotopic (exact) mass is 683 g/mol. The van der Waals surface area contributed by atoms with E-state index in [0.29, 0.717) is 24.2 Å². The van der Waals surface area contributed by atoms with Gasteiger partial charge in [0.1, 0.15) is 11.9 Å². The topological polar surface area (TPSA) is 91.6 Å². The molecule has 0 radical (unpaired) electrons. The number of rotatable bonds is 13. The number of likely N-dealkylation sites (N-methyl/N-ethyl adjacent to an activating group) is 1. The van der Waals surface area contributed by atoms with Crippen molar-refractivity contribution in [3.63, 3.8) is 0 Å². The molecule has 1 aromatic heterocycles. The molecule has 7 nitrogen and oxygen atoms in total. The van der Waals surface area contributed by atoms with E-state index in [4.69, 9.17) is 0 Å². The summed E-state index contributed by atoms with van der Waals surface area (Å²) in [6.45, 7) is 7.70. The summed E-state index contributed by atoms with van der Waals surface area (Å²) in [5, 5.41) is 12.8. The Morgan fingerprint density at radius 1 is 1.06 bits per heavy atom. The van der Waals surface area contributed by atoms with Crippen molar-refractivity contribution in [2.75, 3.05) is 13.6 Å². The van der Waals surface area contributed by atoms with Crippen LogP contribution in [0.2, 0.25) is 0 Å². The van der Waals surface area contributed by atoms with Crippen molar-refractivity contribution < 1.29 is 32.3 Å². The lowest BCUT2D eigenvalue weighted by Gasteiger charge is -2.27. The van der Waals surface area contributed by atoms with Gasteiger partial charge >= 0.3 is 12.1 Å². The number of aryl methyl sites for hydroxylation is 3. The number of aromatic nitrogens is 1. The summed E-state index contributed by atoms with van der Waals surface area (Å²) in [5.41, 5.74) is 3.85. The highest BCUT2D eigenvalue weighted by molar-refractivity contribution is 5.82. The highest BCUT2D eigenvalue weighted by Crippen LogP contribution is 2.39. The lowest BCUT2D eigenvalue weighted by molar-refractivity contribution is -0.139. The van der Waals surface area contributed by atoms with Gasteiger partial charge in [0.05, 0.1) is 18.0 Å². The SMILES string of the molecule is Cc1cc(F)cc(C)c1-c1cc(C(CC(=O)O)NC(=O)[C@@H](CC(C)C)n2cc(CCN(C)C3CC3)c(C(F)(F)F)cc2=O)cc2c1CCC2. The summed E-state index contributed by atoms with van der Waals surface area (Å²) >= 11 is 0. The number of carboxylic acid groups (broad SMARTS) is 1. The van der Waals surface area contributed by atoms with Crippen LogP contribution in [-0.4, -0.2) is 46.1 Å². The molecule has 2 aromatic carbocycles. The quantitative estimate of drug-likeness (QED) is 0.184. The fourth-order valence-corrected chi connectivity index (χ4v) is 7.27. The second kappa shape index (κ2) is 14.5. The van der Waals surface area contributed by atoms with Gasteiger partial charge in [-0.25, -0.2) is 4.39 Å². The third-order valence-corrected chi connectivity index (χ3v) is 9.81. The summed E-state index contributed by atoms with van der Waals surface area (Å²) in [7, 11) is 1.86. The number of hydrogen-bond acceptors (Lipinski definition) is 4. The van der Waals surface area contributed by atoms with Crippen LogP contribution in [-0.2, 0) is 35.0 Å². The molecular weight excluding hydrogens is 638 g/mol. The maximum atomic E-state index is 14.2. The van der Waals surface area contributed by atoms with E-state index >= 15 is 0 Å². The Labute approximate surface area is 284 Å². The number of benzene rings is 2. The molecule has 1 unspecified atom stereocenters. The molecule has 49 heavy (non-hydrogen) atoms. The van der Waals surface area contributed by atoms with Gasteiger partial charge in [-0.15, -0.1) is 0 Å². The Kier molecular flexibility index (Phi) is 10.7. The first kappa shape index (κ1) is 36.3. The molecule has 0 saturated heterocycles. The van der Waals surface area contributed by atoms with E-state index < -0.39 is 47.7 Å². The molecule has 1 saturated carbocycles. The van der Waals surface area contributed by atoms with Gasteiger partial charge in [0.25, 0.3) is 5.56 Å². The second-order valence-corrected chi connectivity index (χ2v) is 14.2. The molecular formula is C38H45F4N3O4. The fraction of sp³-hybridized carbons (Fsp3) is 0.500. The Morgan fingerprint density at radius 2 is 1.73 bits per heavy atom. The molecule has 2 N–H and O–H groups in total. The van der Waals surface area contributed by atoms with Crippen LogP contribution >= 0.6 is 0 Å². The summed E-state index contributed by atoms with van der Waals surface area (Å²) in [6, 6.07) is 5.42. The number of carbonyl (C=O) groups is 2. The molecule has 0 spiro atoms. The number of alkyl halides is 3. The highest BCUT2D eigenvalue weighted by Gasteiger charge is 2.36. The van der Waals surface area contributed by atoms with E-state index in [9.17, 15) is 37.1 Å². The van der Waals surface area contributed by atoms with Crippen molar-refractivity contribution in [1.29, 1.82) is 0 Å². The normalized spacial score (nSPS) is 15.8. The molecule has 11 heteroatoms. The Bertz CT molecular complexity index is 1770. The van der Waals surface area contributed by atoms with Crippen molar-refractivity contribution in [3.05, 3.63) is 91.6 Å². The summed E-state index contributed by atoms with van der Waals surface area (Å²) in [5.74, 6) is -2.28. The molecule has 1 heterocycles. The summed E-state index contributed by atoms with van der Waals surface area (Å²) in [6.07, 6.45) is 0.590. The molecule has 3 aromatic rings. The molecule has 5 rings (SSSR count). The standard InChI is InChI=1S/C38H45F4N3O4/c1-21(2)13-33(45-20-25(11-12-44(5)28-9-10-28)31(18-34(45)46)38(40,41)42)37(49)43-32(19-35(47)48)26-16-24-7-6-8-29(24)30(17-26)36-22(3)14-27(39)15-23(36)4/h14-18,20-21,28,32-33H,6-13,19H2,1-5H3,(H,43,49)(H,47,48)/t32?,33-/m1/s1. The number of carboxylic acids is 1. The zero-order valence-electron chi connectivity index (χ0n) is 28.7. The number of halogens is 4. The van der Waals surface area contributed by atoms with E-state index in [-0.39, 0.29) is 30.1 Å². The van der Waals surface area contributed by atoms with E-state index in [1.807, 2.05) is 51.8 Å². The first-order chi connectivity index (χ1) is 23.0. The zero-order valence-corrected chi connectivity index (χ0v) is 28.7. The minimum atomic E-state index is -4.75. The van der Waals surface area contributed by atoms with Gasteiger partial charge in [0.2, 0.25) is 5.91 Å². The van der Waals surface area contributed by atoms with E-state index in [1.54, 1.807) is 0 Å². The average molecular weight is 684 g/mol. The van der Waals surface area contributed by atoms with Crippen LogP contribution in [0.25, 0.3) is 11.1 Å². The van der Waals surface area contributed by atoms with Crippen LogP contribution in [0.15, 0.2) is 41.3 Å². The van der Waals surface area contributed by atoms with Gasteiger partial charge in [0, 0.05) is 24.8 Å². The van der Waals surface area contributed by atoms with Crippen LogP contribution in [0.3, 0.4) is 0 Å². The molecule has 1 fully saturated rings. The van der Waals surface area contributed by atoms with Crippen molar-refractivity contribution >= 4 is 11.9 Å². The van der Waals surface area contributed by atoms with Crippen LogP contribution in [0.4, 0.5) is 17.6 Å². The first-order valence-electron chi connectivity index (χ1n) is 17.0. The third kappa shape index (κ3) is 8.43. The Hall–Kier alpha value is -3.99. The number of aliphatic carboxylic acids is 1. The third-order valence-electron chi connectivity index (χ3n) is 9.81. The predicted molar refractivity (Wildman–Crippen MR) is 180 cm³/mol. The molecule has 2 aliphatic rings. The highest BCUT2D eigenvalue weighted by atomic mass is 19.4. The van der Waals surface area contributed by atoms with Gasteiger partial charge < -0.3 is 19.9 Å². The summed E-state index contributed by atoms with van der Waals surface area (Å²) in [4.78, 5) is 41.6. The molecule has 2 aliphatic carbocycles. The van der Waals surface area contributed by atoms with E-state index in [0.717, 1.165) is 76.2 Å². The molecule has 264 valence electrons. The maximum Gasteiger partial charge on any atom is 0.416 e. The van der Waals surface area contributed by atoms with Gasteiger partial charge in [0.15, 0.2) is 0 Å². The Morgan fingerprint density at radius 3 is 2.33 bits per heavy atom. The number of amides is 1. The first-order valence-corrected chi connectivity index (χ1v) is 17.0. The van der Waals surface area contributed by atoms with Gasteiger partial charge in [-0.1, -0.05) is 19.9 Å². The number of nitrogens with one attached hydrogen (secondary N) is 1. The van der Waals surface area contributed by atoms with Crippen molar-refractivity contribution in [2.45, 2.75) is 103 Å². The molecule has 2 atom stereocenters. The minimum absolute atomic E-state index is 0.0416. The second-order valence-electron chi connectivity index (χ2n) is 14.2. The average Bonchev–Trinajstić information content (AvgIpc) is 3.74. The lowest BCUT2D eigenvalue weighted by atomic mass is 9.87. The number of hydrogen-bond donors (Lipinski definition) is 2. The predicted octanol–water partition coefficient (Wildman–Crippen LogP) is 7.33. The number of carbonyl (C=O) groups excluding carboxylic acids is 1. The van der Waals surface area contributed by atoms with Gasteiger partial charge in [-0.3, -0.25) is 14.4 Å². The Balaban J connectivity index is 1.54. The minimum Gasteiger partial charge on any atom is -0.481 e. The van der Waals surface area contributed by atoms with E-state index in [2.05, 4.69) is 5.32 Å².